The molecule has 3 heterocycles. The van der Waals surface area contributed by atoms with Crippen molar-refractivity contribution in [1.29, 1.82) is 0 Å². The lowest BCUT2D eigenvalue weighted by Crippen LogP contribution is -2.40. The van der Waals surface area contributed by atoms with Crippen LogP contribution in [0.3, 0.4) is 0 Å². The van der Waals surface area contributed by atoms with E-state index >= 15 is 0 Å². The summed E-state index contributed by atoms with van der Waals surface area (Å²) in [6.07, 6.45) is 5.49. The van der Waals surface area contributed by atoms with E-state index in [0.717, 1.165) is 18.5 Å². The van der Waals surface area contributed by atoms with Gasteiger partial charge in [0.1, 0.15) is 6.26 Å². The zero-order valence-corrected chi connectivity index (χ0v) is 14.4. The standard InChI is InChI=1S/C18H22N4O3/c1-12-19-16(11-25-12)18(24)21-8-6-13(7-9-21)10-22-17(23)5-4-15(20-22)14-2-3-14/h4-5,11,13-14H,2-3,6-10H2,1H3. The van der Waals surface area contributed by atoms with E-state index in [1.807, 2.05) is 11.0 Å². The molecule has 0 unspecified atom stereocenters. The number of aryl methyl sites for hydroxylation is 1. The predicted molar refractivity (Wildman–Crippen MR) is 90.3 cm³/mol. The number of likely N-dealkylation sites (tertiary alicyclic amines) is 1. The Kier molecular flexibility index (Phi) is 4.15. The minimum absolute atomic E-state index is 0.0408. The molecule has 2 aliphatic rings. The fourth-order valence-corrected chi connectivity index (χ4v) is 3.38. The molecule has 0 aromatic carbocycles. The van der Waals surface area contributed by atoms with E-state index in [-0.39, 0.29) is 11.5 Å². The van der Waals surface area contributed by atoms with Gasteiger partial charge in [-0.3, -0.25) is 9.59 Å². The Balaban J connectivity index is 1.37. The highest BCUT2D eigenvalue weighted by Crippen LogP contribution is 2.38. The van der Waals surface area contributed by atoms with Gasteiger partial charge in [0.15, 0.2) is 11.6 Å². The highest BCUT2D eigenvalue weighted by Gasteiger charge is 2.28. The van der Waals surface area contributed by atoms with Gasteiger partial charge in [-0.05, 0) is 37.7 Å². The number of rotatable bonds is 4. The SMILES string of the molecule is Cc1nc(C(=O)N2CCC(Cn3nc(C4CC4)ccc3=O)CC2)co1. The number of oxazole rings is 1. The first-order valence-corrected chi connectivity index (χ1v) is 8.89. The summed E-state index contributed by atoms with van der Waals surface area (Å²) in [5.74, 6) is 1.32. The zero-order valence-electron chi connectivity index (χ0n) is 14.4. The van der Waals surface area contributed by atoms with Crippen LogP contribution in [-0.2, 0) is 6.54 Å². The molecular formula is C18H22N4O3. The van der Waals surface area contributed by atoms with Crippen molar-refractivity contribution in [1.82, 2.24) is 19.7 Å². The van der Waals surface area contributed by atoms with Crippen LogP contribution in [0, 0.1) is 12.8 Å². The number of nitrogens with zero attached hydrogens (tertiary/aromatic N) is 4. The van der Waals surface area contributed by atoms with Crippen LogP contribution >= 0.6 is 0 Å². The highest BCUT2D eigenvalue weighted by molar-refractivity contribution is 5.92. The Morgan fingerprint density at radius 1 is 1.24 bits per heavy atom. The number of carbonyl (C=O) groups excluding carboxylic acids is 1. The Bertz CT molecular complexity index is 829. The number of piperidine rings is 1. The van der Waals surface area contributed by atoms with Crippen molar-refractivity contribution in [2.24, 2.45) is 5.92 Å². The summed E-state index contributed by atoms with van der Waals surface area (Å²) in [5, 5.41) is 4.53. The third-order valence-corrected chi connectivity index (χ3v) is 5.05. The number of hydrogen-bond donors (Lipinski definition) is 0. The van der Waals surface area contributed by atoms with Crippen LogP contribution in [0.1, 0.15) is 53.7 Å². The van der Waals surface area contributed by atoms with E-state index in [1.165, 1.54) is 19.1 Å². The fourth-order valence-electron chi connectivity index (χ4n) is 3.38. The molecule has 132 valence electrons. The molecule has 7 heteroatoms. The number of amides is 1. The van der Waals surface area contributed by atoms with Gasteiger partial charge in [0.25, 0.3) is 11.5 Å². The molecule has 1 saturated carbocycles. The summed E-state index contributed by atoms with van der Waals surface area (Å²) in [6.45, 7) is 3.70. The number of carbonyl (C=O) groups is 1. The molecule has 1 amide bonds. The molecule has 0 radical (unpaired) electrons. The molecule has 0 atom stereocenters. The van der Waals surface area contributed by atoms with Crippen molar-refractivity contribution in [3.05, 3.63) is 46.0 Å². The van der Waals surface area contributed by atoms with Gasteiger partial charge < -0.3 is 9.32 Å². The van der Waals surface area contributed by atoms with Crippen molar-refractivity contribution < 1.29 is 9.21 Å². The molecule has 0 bridgehead atoms. The van der Waals surface area contributed by atoms with Crippen molar-refractivity contribution in [2.75, 3.05) is 13.1 Å². The molecular weight excluding hydrogens is 320 g/mol. The third-order valence-electron chi connectivity index (χ3n) is 5.05. The molecule has 2 aromatic heterocycles. The second-order valence-corrected chi connectivity index (χ2v) is 7.04. The molecule has 2 aromatic rings. The van der Waals surface area contributed by atoms with Crippen molar-refractivity contribution in [3.63, 3.8) is 0 Å². The largest absolute Gasteiger partial charge is 0.448 e. The average molecular weight is 342 g/mol. The van der Waals surface area contributed by atoms with E-state index in [2.05, 4.69) is 10.1 Å². The predicted octanol–water partition coefficient (Wildman–Crippen LogP) is 1.97. The van der Waals surface area contributed by atoms with E-state index in [4.69, 9.17) is 4.42 Å². The van der Waals surface area contributed by atoms with Gasteiger partial charge in [0.05, 0.1) is 5.69 Å². The second-order valence-electron chi connectivity index (χ2n) is 7.04. The minimum atomic E-state index is -0.0821. The van der Waals surface area contributed by atoms with Crippen LogP contribution in [0.4, 0.5) is 0 Å². The quantitative estimate of drug-likeness (QED) is 0.848. The molecule has 1 aliphatic carbocycles. The normalized spacial score (nSPS) is 18.5. The first kappa shape index (κ1) is 16.1. The van der Waals surface area contributed by atoms with Crippen LogP contribution in [0.2, 0.25) is 0 Å². The summed E-state index contributed by atoms with van der Waals surface area (Å²) in [4.78, 5) is 30.4. The van der Waals surface area contributed by atoms with Crippen molar-refractivity contribution in [2.45, 2.75) is 45.1 Å². The highest BCUT2D eigenvalue weighted by atomic mass is 16.3. The summed E-state index contributed by atoms with van der Waals surface area (Å²) >= 11 is 0. The zero-order chi connectivity index (χ0) is 17.4. The topological polar surface area (TPSA) is 81.2 Å². The fraction of sp³-hybridized carbons (Fsp3) is 0.556. The summed E-state index contributed by atoms with van der Waals surface area (Å²) in [7, 11) is 0. The second kappa shape index (κ2) is 6.46. The summed E-state index contributed by atoms with van der Waals surface area (Å²) < 4.78 is 6.73. The molecule has 4 rings (SSSR count). The van der Waals surface area contributed by atoms with Crippen molar-refractivity contribution in [3.8, 4) is 0 Å². The molecule has 1 aliphatic heterocycles. The van der Waals surface area contributed by atoms with Gasteiger partial charge in [-0.1, -0.05) is 0 Å². The minimum Gasteiger partial charge on any atom is -0.448 e. The molecule has 1 saturated heterocycles. The van der Waals surface area contributed by atoms with E-state index in [0.29, 0.717) is 43.1 Å². The maximum atomic E-state index is 12.4. The van der Waals surface area contributed by atoms with Crippen LogP contribution < -0.4 is 5.56 Å². The lowest BCUT2D eigenvalue weighted by atomic mass is 9.96. The smallest absolute Gasteiger partial charge is 0.275 e. The molecule has 0 spiro atoms. The monoisotopic (exact) mass is 342 g/mol. The lowest BCUT2D eigenvalue weighted by molar-refractivity contribution is 0.0674. The van der Waals surface area contributed by atoms with E-state index < -0.39 is 0 Å². The van der Waals surface area contributed by atoms with Crippen LogP contribution in [-0.4, -0.2) is 38.7 Å². The van der Waals surface area contributed by atoms with Gasteiger partial charge in [-0.15, -0.1) is 0 Å². The Labute approximate surface area is 145 Å². The van der Waals surface area contributed by atoms with E-state index in [1.54, 1.807) is 17.7 Å². The third kappa shape index (κ3) is 3.50. The molecule has 2 fully saturated rings. The van der Waals surface area contributed by atoms with Gasteiger partial charge in [0.2, 0.25) is 0 Å². The first-order chi connectivity index (χ1) is 12.1. The maximum Gasteiger partial charge on any atom is 0.275 e. The summed E-state index contributed by atoms with van der Waals surface area (Å²) in [5.41, 5.74) is 1.36. The maximum absolute atomic E-state index is 12.4. The van der Waals surface area contributed by atoms with Gasteiger partial charge in [-0.2, -0.15) is 5.10 Å². The molecule has 0 N–H and O–H groups in total. The number of aromatic nitrogens is 3. The number of hydrogen-bond acceptors (Lipinski definition) is 5. The van der Waals surface area contributed by atoms with Crippen LogP contribution in [0.5, 0.6) is 0 Å². The Morgan fingerprint density at radius 3 is 2.64 bits per heavy atom. The van der Waals surface area contributed by atoms with Gasteiger partial charge in [0, 0.05) is 38.5 Å². The molecule has 7 nitrogen and oxygen atoms in total. The Hall–Kier alpha value is -2.44. The molecule has 25 heavy (non-hydrogen) atoms. The Morgan fingerprint density at radius 2 is 2.00 bits per heavy atom. The van der Waals surface area contributed by atoms with Gasteiger partial charge >= 0.3 is 0 Å². The van der Waals surface area contributed by atoms with Crippen molar-refractivity contribution >= 4 is 5.91 Å². The average Bonchev–Trinajstić information content (AvgIpc) is 3.38. The van der Waals surface area contributed by atoms with Gasteiger partial charge in [-0.25, -0.2) is 9.67 Å². The summed E-state index contributed by atoms with van der Waals surface area (Å²) in [6, 6.07) is 3.49. The first-order valence-electron chi connectivity index (χ1n) is 8.89. The lowest BCUT2D eigenvalue weighted by Gasteiger charge is -2.31. The van der Waals surface area contributed by atoms with Crippen LogP contribution in [0.25, 0.3) is 0 Å². The van der Waals surface area contributed by atoms with Crippen LogP contribution in [0.15, 0.2) is 27.6 Å². The van der Waals surface area contributed by atoms with E-state index in [9.17, 15) is 9.59 Å².